The molecule has 2 N–H and O–H groups in total. The Kier molecular flexibility index (Phi) is 6.45. The van der Waals surface area contributed by atoms with Crippen molar-refractivity contribution in [2.24, 2.45) is 4.99 Å². The molecule has 9 heteroatoms. The monoisotopic (exact) mass is 363 g/mol. The fourth-order valence-corrected chi connectivity index (χ4v) is 3.77. The van der Waals surface area contributed by atoms with Gasteiger partial charge in [-0.25, -0.2) is 4.98 Å². The second-order valence-electron chi connectivity index (χ2n) is 5.97. The summed E-state index contributed by atoms with van der Waals surface area (Å²) in [6, 6.07) is -0.00839. The van der Waals surface area contributed by atoms with E-state index in [0.29, 0.717) is 32.0 Å². The number of aliphatic imine (C=N–C) groups is 1. The van der Waals surface area contributed by atoms with Gasteiger partial charge in [-0.3, -0.25) is 9.89 Å². The lowest BCUT2D eigenvalue weighted by molar-refractivity contribution is -0.143. The van der Waals surface area contributed by atoms with Crippen LogP contribution in [-0.2, 0) is 6.42 Å². The number of hydrogen-bond acceptors (Lipinski definition) is 4. The predicted octanol–water partition coefficient (Wildman–Crippen LogP) is 2.10. The largest absolute Gasteiger partial charge is 0.401 e. The quantitative estimate of drug-likeness (QED) is 0.621. The van der Waals surface area contributed by atoms with Gasteiger partial charge in [-0.2, -0.15) is 13.2 Å². The van der Waals surface area contributed by atoms with E-state index in [1.807, 2.05) is 13.8 Å². The third kappa shape index (κ3) is 5.94. The van der Waals surface area contributed by atoms with Gasteiger partial charge < -0.3 is 10.6 Å². The third-order valence-corrected chi connectivity index (χ3v) is 5.02. The third-order valence-electron chi connectivity index (χ3n) is 3.88. The van der Waals surface area contributed by atoms with Crippen molar-refractivity contribution in [1.82, 2.24) is 20.5 Å². The van der Waals surface area contributed by atoms with Gasteiger partial charge in [-0.15, -0.1) is 11.3 Å². The van der Waals surface area contributed by atoms with Gasteiger partial charge in [-0.1, -0.05) is 0 Å². The summed E-state index contributed by atoms with van der Waals surface area (Å²) in [5, 5.41) is 7.48. The zero-order chi connectivity index (χ0) is 17.7. The van der Waals surface area contributed by atoms with Crippen LogP contribution in [0, 0.1) is 13.8 Å². The van der Waals surface area contributed by atoms with Crippen LogP contribution in [-0.4, -0.2) is 61.3 Å². The first-order valence-electron chi connectivity index (χ1n) is 7.96. The van der Waals surface area contributed by atoms with E-state index < -0.39 is 12.7 Å². The molecule has 1 unspecified atom stereocenters. The van der Waals surface area contributed by atoms with Gasteiger partial charge in [0.05, 0.1) is 17.2 Å². The van der Waals surface area contributed by atoms with Gasteiger partial charge in [0.15, 0.2) is 5.96 Å². The summed E-state index contributed by atoms with van der Waals surface area (Å²) in [7, 11) is 1.67. The maximum absolute atomic E-state index is 12.4. The lowest BCUT2D eigenvalue weighted by Gasteiger charge is -2.19. The van der Waals surface area contributed by atoms with Crippen LogP contribution < -0.4 is 10.6 Å². The number of aromatic nitrogens is 1. The molecular weight excluding hydrogens is 339 g/mol. The van der Waals surface area contributed by atoms with Crippen molar-refractivity contribution in [1.29, 1.82) is 0 Å². The first-order chi connectivity index (χ1) is 11.3. The van der Waals surface area contributed by atoms with Crippen molar-refractivity contribution < 1.29 is 13.2 Å². The Bertz CT molecular complexity index is 570. The number of alkyl halides is 3. The van der Waals surface area contributed by atoms with Gasteiger partial charge in [0.25, 0.3) is 0 Å². The second-order valence-corrected chi connectivity index (χ2v) is 7.26. The number of nitrogens with zero attached hydrogens (tertiary/aromatic N) is 3. The average Bonchev–Trinajstić information content (AvgIpc) is 3.02. The van der Waals surface area contributed by atoms with Crippen LogP contribution in [0.4, 0.5) is 13.2 Å². The summed E-state index contributed by atoms with van der Waals surface area (Å²) in [6.45, 7) is 4.69. The molecule has 0 spiro atoms. The van der Waals surface area contributed by atoms with E-state index in [2.05, 4.69) is 20.6 Å². The molecule has 2 heterocycles. The Hall–Kier alpha value is -1.35. The van der Waals surface area contributed by atoms with Crippen LogP contribution >= 0.6 is 11.3 Å². The molecule has 1 aliphatic heterocycles. The number of aryl methyl sites for hydroxylation is 2. The predicted molar refractivity (Wildman–Crippen MR) is 90.7 cm³/mol. The first kappa shape index (κ1) is 19.0. The van der Waals surface area contributed by atoms with E-state index in [-0.39, 0.29) is 6.04 Å². The van der Waals surface area contributed by atoms with E-state index in [1.54, 1.807) is 18.4 Å². The number of hydrogen-bond donors (Lipinski definition) is 2. The number of rotatable bonds is 5. The lowest BCUT2D eigenvalue weighted by Crippen LogP contribution is -2.45. The highest BCUT2D eigenvalue weighted by atomic mass is 32.1. The standard InChI is InChI=1S/C15H24F3N5S/c1-10-13(24-11(2)21-10)4-6-20-14(19-3)22-12-5-7-23(8-12)9-15(16,17)18/h12H,4-9H2,1-3H3,(H2,19,20,22). The lowest BCUT2D eigenvalue weighted by atomic mass is 10.2. The Morgan fingerprint density at radius 2 is 2.17 bits per heavy atom. The average molecular weight is 363 g/mol. The highest BCUT2D eigenvalue weighted by Crippen LogP contribution is 2.20. The van der Waals surface area contributed by atoms with Gasteiger partial charge >= 0.3 is 6.18 Å². The number of likely N-dealkylation sites (tertiary alicyclic amines) is 1. The molecule has 1 aromatic rings. The maximum Gasteiger partial charge on any atom is 0.401 e. The zero-order valence-corrected chi connectivity index (χ0v) is 15.0. The van der Waals surface area contributed by atoms with E-state index in [4.69, 9.17) is 0 Å². The van der Waals surface area contributed by atoms with Crippen molar-refractivity contribution in [3.8, 4) is 0 Å². The van der Waals surface area contributed by atoms with Gasteiger partial charge in [0.2, 0.25) is 0 Å². The summed E-state index contributed by atoms with van der Waals surface area (Å²) in [4.78, 5) is 11.2. The second kappa shape index (κ2) is 8.15. The molecule has 0 aliphatic carbocycles. The number of halogens is 3. The molecule has 2 rings (SSSR count). The van der Waals surface area contributed by atoms with Crippen molar-refractivity contribution in [3.05, 3.63) is 15.6 Å². The van der Waals surface area contributed by atoms with Crippen molar-refractivity contribution in [3.63, 3.8) is 0 Å². The molecule has 24 heavy (non-hydrogen) atoms. The number of nitrogens with one attached hydrogen (secondary N) is 2. The van der Waals surface area contributed by atoms with Crippen LogP contribution in [0.2, 0.25) is 0 Å². The smallest absolute Gasteiger partial charge is 0.356 e. The molecular formula is C15H24F3N5S. The summed E-state index contributed by atoms with van der Waals surface area (Å²) >= 11 is 1.69. The SMILES string of the molecule is CN=C(NCCc1sc(C)nc1C)NC1CCN(CC(F)(F)F)C1. The van der Waals surface area contributed by atoms with Crippen molar-refractivity contribution in [2.75, 3.05) is 33.2 Å². The van der Waals surface area contributed by atoms with Crippen LogP contribution in [0.15, 0.2) is 4.99 Å². The Morgan fingerprint density at radius 3 is 2.75 bits per heavy atom. The van der Waals surface area contributed by atoms with Crippen LogP contribution in [0.3, 0.4) is 0 Å². The summed E-state index contributed by atoms with van der Waals surface area (Å²) < 4.78 is 37.3. The van der Waals surface area contributed by atoms with Crippen LogP contribution in [0.25, 0.3) is 0 Å². The Morgan fingerprint density at radius 1 is 1.42 bits per heavy atom. The van der Waals surface area contributed by atoms with Gasteiger partial charge in [0, 0.05) is 44.0 Å². The van der Waals surface area contributed by atoms with E-state index in [9.17, 15) is 13.2 Å². The molecule has 1 aromatic heterocycles. The minimum Gasteiger partial charge on any atom is -0.356 e. The molecule has 0 aromatic carbocycles. The zero-order valence-electron chi connectivity index (χ0n) is 14.2. The topological polar surface area (TPSA) is 52.6 Å². The fourth-order valence-electron chi connectivity index (χ4n) is 2.84. The van der Waals surface area contributed by atoms with Gasteiger partial charge in [-0.05, 0) is 20.3 Å². The maximum atomic E-state index is 12.4. The van der Waals surface area contributed by atoms with Gasteiger partial charge in [0.1, 0.15) is 0 Å². The molecule has 1 saturated heterocycles. The molecule has 0 amide bonds. The molecule has 0 radical (unpaired) electrons. The molecule has 136 valence electrons. The molecule has 1 atom stereocenters. The Labute approximate surface area is 144 Å². The molecule has 0 bridgehead atoms. The van der Waals surface area contributed by atoms with Crippen molar-refractivity contribution in [2.45, 2.75) is 38.9 Å². The van der Waals surface area contributed by atoms with Crippen LogP contribution in [0.1, 0.15) is 22.0 Å². The molecule has 0 saturated carbocycles. The molecule has 5 nitrogen and oxygen atoms in total. The normalized spacial score (nSPS) is 19.8. The Balaban J connectivity index is 1.74. The minimum atomic E-state index is -4.14. The van der Waals surface area contributed by atoms with Crippen molar-refractivity contribution >= 4 is 17.3 Å². The fraction of sp³-hybridized carbons (Fsp3) is 0.733. The summed E-state index contributed by atoms with van der Waals surface area (Å²) in [6.07, 6.45) is -2.60. The summed E-state index contributed by atoms with van der Waals surface area (Å²) in [5.74, 6) is 0.632. The molecule has 1 fully saturated rings. The number of thiazole rings is 1. The highest BCUT2D eigenvalue weighted by Gasteiger charge is 2.34. The van der Waals surface area contributed by atoms with E-state index in [0.717, 1.165) is 17.1 Å². The highest BCUT2D eigenvalue weighted by molar-refractivity contribution is 7.11. The van der Waals surface area contributed by atoms with Crippen LogP contribution in [0.5, 0.6) is 0 Å². The minimum absolute atomic E-state index is 0.00839. The first-order valence-corrected chi connectivity index (χ1v) is 8.77. The van der Waals surface area contributed by atoms with E-state index >= 15 is 0 Å². The van der Waals surface area contributed by atoms with E-state index in [1.165, 1.54) is 9.78 Å². The summed E-state index contributed by atoms with van der Waals surface area (Å²) in [5.41, 5.74) is 1.06. The number of guanidine groups is 1. The molecule has 1 aliphatic rings.